The van der Waals surface area contributed by atoms with Crippen LogP contribution in [0.4, 0.5) is 9.59 Å². The van der Waals surface area contributed by atoms with Crippen LogP contribution in [0, 0.1) is 17.8 Å². The summed E-state index contributed by atoms with van der Waals surface area (Å²) in [4.78, 5) is 57.4. The smallest absolute Gasteiger partial charge is 0.497 e. The number of nitrogens with one attached hydrogen (secondary N) is 2. The summed E-state index contributed by atoms with van der Waals surface area (Å²) >= 11 is 0. The summed E-state index contributed by atoms with van der Waals surface area (Å²) in [6, 6.07) is 6.68. The van der Waals surface area contributed by atoms with Gasteiger partial charge in [0.2, 0.25) is 5.91 Å². The van der Waals surface area contributed by atoms with Crippen molar-refractivity contribution in [3.63, 3.8) is 0 Å². The molecule has 72 heavy (non-hydrogen) atoms. The van der Waals surface area contributed by atoms with Crippen LogP contribution >= 0.6 is 0 Å². The van der Waals surface area contributed by atoms with Gasteiger partial charge in [-0.1, -0.05) is 32.9 Å². The molecule has 0 saturated carbocycles. The van der Waals surface area contributed by atoms with E-state index in [4.69, 9.17) is 47.4 Å². The maximum absolute atomic E-state index is 14.8. The molecule has 0 aliphatic carbocycles. The molecule has 4 saturated heterocycles. The molecule has 1 aromatic rings. The Kier molecular flexibility index (Phi) is 20.6. The summed E-state index contributed by atoms with van der Waals surface area (Å²) in [5.74, 6) is -2.18. The molecule has 20 heteroatoms. The van der Waals surface area contributed by atoms with Crippen LogP contribution < -0.4 is 15.4 Å². The predicted octanol–water partition coefficient (Wildman–Crippen LogP) is 4.92. The Balaban J connectivity index is 1.39. The van der Waals surface area contributed by atoms with Crippen molar-refractivity contribution in [2.24, 2.45) is 17.8 Å². The van der Waals surface area contributed by atoms with Crippen LogP contribution in [-0.2, 0) is 58.8 Å². The first-order valence-corrected chi connectivity index (χ1v) is 25.7. The van der Waals surface area contributed by atoms with E-state index in [9.17, 15) is 29.4 Å². The highest BCUT2D eigenvalue weighted by Gasteiger charge is 2.58. The molecule has 4 heterocycles. The van der Waals surface area contributed by atoms with Crippen LogP contribution in [-0.4, -0.2) is 183 Å². The summed E-state index contributed by atoms with van der Waals surface area (Å²) in [6.45, 7) is 19.0. The minimum Gasteiger partial charge on any atom is -0.497 e. The number of fused-ring (bicyclic) bond motifs is 1. The lowest BCUT2D eigenvalue weighted by Gasteiger charge is -2.49. The SMILES string of the molecule is CCC1OC(=O)[C@H](C)[C@@H](O[C@H]2C[C@@](C)(OC)[C@@H](OC(=O)NCCCC(=O)NCc3ccc(OC)cc3)[C@H](C)O2)[C@H](C)[C@@H](O[C@@H]2O[C@H](C)C[C@H](N(C)C)[C@H]2O)[C@](C)(O)C[C@@H](C)CN(C)[C@H](C)[C@H]2OC(=O)O[C@@]12C. The largest absolute Gasteiger partial charge is 0.509 e. The van der Waals surface area contributed by atoms with E-state index >= 15 is 0 Å². The van der Waals surface area contributed by atoms with Gasteiger partial charge < -0.3 is 73.1 Å². The highest BCUT2D eigenvalue weighted by atomic mass is 16.8. The van der Waals surface area contributed by atoms with Crippen molar-refractivity contribution in [3.05, 3.63) is 29.8 Å². The fourth-order valence-electron chi connectivity index (χ4n) is 11.2. The Morgan fingerprint density at radius 2 is 1.61 bits per heavy atom. The number of alkyl carbamates (subject to hydrolysis) is 1. The molecule has 0 aromatic heterocycles. The molecule has 1 aromatic carbocycles. The van der Waals surface area contributed by atoms with E-state index in [1.54, 1.807) is 41.7 Å². The molecular formula is C52H86N4O16. The van der Waals surface area contributed by atoms with Crippen LogP contribution in [0.5, 0.6) is 5.75 Å². The van der Waals surface area contributed by atoms with Crippen LogP contribution in [0.2, 0.25) is 0 Å². The molecular weight excluding hydrogens is 937 g/mol. The summed E-state index contributed by atoms with van der Waals surface area (Å²) in [6.07, 6.45) is -9.27. The maximum Gasteiger partial charge on any atom is 0.509 e. The van der Waals surface area contributed by atoms with Gasteiger partial charge in [0, 0.05) is 57.6 Å². The number of amides is 2. The summed E-state index contributed by atoms with van der Waals surface area (Å²) < 4.78 is 61.8. The van der Waals surface area contributed by atoms with Crippen LogP contribution in [0.15, 0.2) is 24.3 Å². The normalized spacial score (nSPS) is 39.3. The van der Waals surface area contributed by atoms with E-state index in [0.29, 0.717) is 25.9 Å². The highest BCUT2D eigenvalue weighted by molar-refractivity contribution is 5.76. The number of nitrogens with zero attached hydrogens (tertiary/aromatic N) is 2. The van der Waals surface area contributed by atoms with Crippen molar-refractivity contribution in [3.8, 4) is 5.75 Å². The van der Waals surface area contributed by atoms with Gasteiger partial charge in [-0.3, -0.25) is 14.5 Å². The Morgan fingerprint density at radius 3 is 2.24 bits per heavy atom. The van der Waals surface area contributed by atoms with E-state index in [1.165, 1.54) is 7.11 Å². The van der Waals surface area contributed by atoms with Crippen molar-refractivity contribution in [1.29, 1.82) is 0 Å². The van der Waals surface area contributed by atoms with Gasteiger partial charge in [-0.25, -0.2) is 9.59 Å². The third-order valence-corrected chi connectivity index (χ3v) is 15.4. The number of aliphatic hydroxyl groups excluding tert-OH is 1. The van der Waals surface area contributed by atoms with Gasteiger partial charge in [0.15, 0.2) is 30.4 Å². The van der Waals surface area contributed by atoms with E-state index in [0.717, 1.165) is 11.3 Å². The quantitative estimate of drug-likeness (QED) is 0.104. The summed E-state index contributed by atoms with van der Waals surface area (Å²) in [7, 11) is 8.75. The predicted molar refractivity (Wildman–Crippen MR) is 264 cm³/mol. The number of cyclic esters (lactones) is 1. The van der Waals surface area contributed by atoms with Crippen molar-refractivity contribution < 1.29 is 76.8 Å². The number of likely N-dealkylation sites (N-methyl/N-ethyl adjacent to an activating group) is 2. The van der Waals surface area contributed by atoms with Gasteiger partial charge in [0.05, 0.1) is 43.0 Å². The summed E-state index contributed by atoms with van der Waals surface area (Å²) in [5.41, 5.74) is -3.23. The van der Waals surface area contributed by atoms with E-state index in [-0.39, 0.29) is 56.2 Å². The molecule has 4 aliphatic heterocycles. The molecule has 1 unspecified atom stereocenters. The summed E-state index contributed by atoms with van der Waals surface area (Å²) in [5, 5.41) is 30.2. The lowest BCUT2D eigenvalue weighted by Crippen LogP contribution is -2.61. The molecule has 410 valence electrons. The minimum atomic E-state index is -1.62. The van der Waals surface area contributed by atoms with E-state index < -0.39 is 108 Å². The average molecular weight is 1020 g/mol. The Bertz CT molecular complexity index is 1940. The van der Waals surface area contributed by atoms with Crippen LogP contribution in [0.3, 0.4) is 0 Å². The van der Waals surface area contributed by atoms with Gasteiger partial charge in [0.25, 0.3) is 0 Å². The van der Waals surface area contributed by atoms with Crippen LogP contribution in [0.1, 0.15) is 113 Å². The monoisotopic (exact) mass is 1020 g/mol. The molecule has 5 rings (SSSR count). The standard InChI is InChI=1S/C52H86N4O16/c1-16-38-52(10)44(71-49(61)72-52)33(6)56(13)28-29(2)25-50(8,62)43(69-47-41(58)37(55(11)12)24-30(3)65-47)31(4)42(32(5)46(59)67-38)68-40-26-51(9,64-15)45(34(7)66-40)70-48(60)53-23-17-18-39(57)54-27-35-19-21-36(63-14)22-20-35/h19-22,29-34,37-38,40-45,47,58,62H,16-18,23-28H2,1-15H3,(H,53,60)(H,54,57)/t29-,30-,31+,32-,33-,34+,37+,38?,40+,41-,42+,43-,44-,45+,47+,50-,51-,52+/m1/s1. The molecule has 0 bridgehead atoms. The lowest BCUT2D eigenvalue weighted by molar-refractivity contribution is -0.317. The number of carbonyl (C=O) groups is 4. The van der Waals surface area contributed by atoms with Crippen LogP contribution in [0.25, 0.3) is 0 Å². The number of ether oxygens (including phenoxy) is 10. The zero-order valence-electron chi connectivity index (χ0n) is 45.3. The Hall–Kier alpha value is -3.86. The fourth-order valence-corrected chi connectivity index (χ4v) is 11.2. The van der Waals surface area contributed by atoms with E-state index in [1.807, 2.05) is 89.8 Å². The molecule has 0 radical (unpaired) electrons. The van der Waals surface area contributed by atoms with E-state index in [2.05, 4.69) is 10.6 Å². The van der Waals surface area contributed by atoms with Crippen molar-refractivity contribution >= 4 is 24.1 Å². The molecule has 4 fully saturated rings. The number of hydrogen-bond donors (Lipinski definition) is 4. The van der Waals surface area contributed by atoms with Gasteiger partial charge in [-0.05, 0) is 119 Å². The molecule has 20 nitrogen and oxygen atoms in total. The number of carbonyl (C=O) groups excluding carboxylic acids is 4. The number of methoxy groups -OCH3 is 2. The van der Waals surface area contributed by atoms with Crippen molar-refractivity contribution in [1.82, 2.24) is 20.4 Å². The van der Waals surface area contributed by atoms with Crippen molar-refractivity contribution in [2.75, 3.05) is 48.5 Å². The second-order valence-electron chi connectivity index (χ2n) is 21.6. The number of aliphatic hydroxyl groups is 2. The maximum atomic E-state index is 14.8. The first-order chi connectivity index (χ1) is 33.8. The number of benzene rings is 1. The minimum absolute atomic E-state index is 0.0332. The molecule has 0 spiro atoms. The second-order valence-corrected chi connectivity index (χ2v) is 21.6. The zero-order chi connectivity index (χ0) is 53.5. The molecule has 2 amide bonds. The number of hydrogen-bond acceptors (Lipinski definition) is 18. The Labute approximate surface area is 426 Å². The highest BCUT2D eigenvalue weighted by Crippen LogP contribution is 2.42. The molecule has 4 N–H and O–H groups in total. The average Bonchev–Trinajstić information content (AvgIpc) is 3.64. The zero-order valence-corrected chi connectivity index (χ0v) is 45.3. The third-order valence-electron chi connectivity index (χ3n) is 15.4. The molecule has 18 atom stereocenters. The Morgan fingerprint density at radius 1 is 0.931 bits per heavy atom. The van der Waals surface area contributed by atoms with Gasteiger partial charge >= 0.3 is 18.2 Å². The van der Waals surface area contributed by atoms with Gasteiger partial charge in [-0.15, -0.1) is 0 Å². The topological polar surface area (TPSA) is 232 Å². The van der Waals surface area contributed by atoms with Gasteiger partial charge in [-0.2, -0.15) is 0 Å². The fraction of sp³-hybridized carbons (Fsp3) is 0.808. The van der Waals surface area contributed by atoms with Gasteiger partial charge in [0.1, 0.15) is 23.6 Å². The first-order valence-electron chi connectivity index (χ1n) is 25.7. The lowest BCUT2D eigenvalue weighted by atomic mass is 9.77. The first kappa shape index (κ1) is 59.0. The number of rotatable bonds is 15. The number of esters is 1. The van der Waals surface area contributed by atoms with Crippen molar-refractivity contribution in [2.45, 2.75) is 205 Å². The molecule has 4 aliphatic rings. The second kappa shape index (κ2) is 25.1. The third kappa shape index (κ3) is 14.3.